The highest BCUT2D eigenvalue weighted by atomic mass is 35.5. The Morgan fingerprint density at radius 3 is 2.71 bits per heavy atom. The van der Waals surface area contributed by atoms with Crippen LogP contribution in [0.1, 0.15) is 29.0 Å². The first kappa shape index (κ1) is 20.2. The highest BCUT2D eigenvalue weighted by Gasteiger charge is 2.32. The van der Waals surface area contributed by atoms with E-state index in [1.54, 1.807) is 18.3 Å². The van der Waals surface area contributed by atoms with Gasteiger partial charge in [0, 0.05) is 44.1 Å². The van der Waals surface area contributed by atoms with E-state index >= 15 is 0 Å². The average Bonchev–Trinajstić information content (AvgIpc) is 3.04. The van der Waals surface area contributed by atoms with Crippen LogP contribution in [0.15, 0.2) is 24.4 Å². The van der Waals surface area contributed by atoms with Gasteiger partial charge in [0.05, 0.1) is 12.3 Å². The molecule has 0 saturated carbocycles. The number of piperazine rings is 1. The molecule has 0 radical (unpaired) electrons. The van der Waals surface area contributed by atoms with Crippen molar-refractivity contribution in [1.29, 1.82) is 0 Å². The fourth-order valence-corrected chi connectivity index (χ4v) is 3.68. The number of halogens is 1. The molecule has 2 atom stereocenters. The van der Waals surface area contributed by atoms with Crippen LogP contribution < -0.4 is 20.9 Å². The minimum atomic E-state index is -0.320. The Balaban J connectivity index is 0.00000225. The van der Waals surface area contributed by atoms with Crippen molar-refractivity contribution in [1.82, 2.24) is 25.6 Å². The molecule has 0 spiro atoms. The number of pyridine rings is 1. The third-order valence-corrected chi connectivity index (χ3v) is 4.94. The van der Waals surface area contributed by atoms with E-state index in [1.807, 2.05) is 6.07 Å². The first-order valence-corrected chi connectivity index (χ1v) is 9.09. The molecule has 28 heavy (non-hydrogen) atoms. The van der Waals surface area contributed by atoms with Gasteiger partial charge in [0.25, 0.3) is 5.91 Å². The van der Waals surface area contributed by atoms with Crippen LogP contribution in [-0.4, -0.2) is 58.2 Å². The van der Waals surface area contributed by atoms with E-state index in [4.69, 9.17) is 0 Å². The SMILES string of the molecule is CNC(=O)c1cc(Nc2nccc(N3C[C@H]4CC[C@@H](C3)N4)n2)cc(CO)n1.Cl. The molecule has 2 aliphatic heterocycles. The molecule has 9 nitrogen and oxygen atoms in total. The van der Waals surface area contributed by atoms with Crippen LogP contribution >= 0.6 is 12.4 Å². The third-order valence-electron chi connectivity index (χ3n) is 4.94. The largest absolute Gasteiger partial charge is 0.390 e. The molecule has 4 heterocycles. The lowest BCUT2D eigenvalue weighted by atomic mass is 10.2. The summed E-state index contributed by atoms with van der Waals surface area (Å²) in [6.45, 7) is 1.62. The lowest BCUT2D eigenvalue weighted by molar-refractivity contribution is 0.0957. The van der Waals surface area contributed by atoms with Crippen LogP contribution in [0.4, 0.5) is 17.5 Å². The number of hydrogen-bond donors (Lipinski definition) is 4. The molecule has 150 valence electrons. The molecule has 2 aromatic rings. The summed E-state index contributed by atoms with van der Waals surface area (Å²) in [6, 6.07) is 6.25. The molecular formula is C18H24ClN7O2. The van der Waals surface area contributed by atoms with Crippen molar-refractivity contribution >= 4 is 35.8 Å². The van der Waals surface area contributed by atoms with E-state index in [1.165, 1.54) is 19.9 Å². The Morgan fingerprint density at radius 1 is 1.29 bits per heavy atom. The highest BCUT2D eigenvalue weighted by molar-refractivity contribution is 5.93. The van der Waals surface area contributed by atoms with Crippen molar-refractivity contribution in [2.75, 3.05) is 30.4 Å². The number of fused-ring (bicyclic) bond motifs is 2. The van der Waals surface area contributed by atoms with Crippen LogP contribution in [0, 0.1) is 0 Å². The maximum atomic E-state index is 11.9. The topological polar surface area (TPSA) is 115 Å². The number of aromatic nitrogens is 3. The standard InChI is InChI=1S/C18H23N7O2.ClH/c1-19-17(27)15-7-13(6-14(10-26)22-15)23-18-20-5-4-16(24-18)25-8-11-2-3-12(9-25)21-11;/h4-7,11-12,21,26H,2-3,8-10H2,1H3,(H,19,27)(H,20,22,23,24);1H/t11-,12+;. The summed E-state index contributed by atoms with van der Waals surface area (Å²) in [7, 11) is 1.54. The number of rotatable bonds is 5. The molecule has 4 N–H and O–H groups in total. The van der Waals surface area contributed by atoms with Gasteiger partial charge < -0.3 is 26.0 Å². The van der Waals surface area contributed by atoms with Gasteiger partial charge in [0.1, 0.15) is 11.5 Å². The van der Waals surface area contributed by atoms with Gasteiger partial charge in [0.2, 0.25) is 5.95 Å². The molecule has 10 heteroatoms. The Hall–Kier alpha value is -2.49. The van der Waals surface area contributed by atoms with Gasteiger partial charge in [-0.3, -0.25) is 4.79 Å². The molecular weight excluding hydrogens is 382 g/mol. The first-order valence-electron chi connectivity index (χ1n) is 9.09. The molecule has 0 aliphatic carbocycles. The molecule has 2 aromatic heterocycles. The summed E-state index contributed by atoms with van der Waals surface area (Å²) in [6.07, 6.45) is 4.14. The number of aliphatic hydroxyl groups is 1. The van der Waals surface area contributed by atoms with Crippen LogP contribution in [0.5, 0.6) is 0 Å². The first-order chi connectivity index (χ1) is 13.1. The zero-order valence-corrected chi connectivity index (χ0v) is 16.4. The molecule has 0 aromatic carbocycles. The fourth-order valence-electron chi connectivity index (χ4n) is 3.68. The van der Waals surface area contributed by atoms with Gasteiger partial charge in [-0.1, -0.05) is 0 Å². The smallest absolute Gasteiger partial charge is 0.269 e. The predicted molar refractivity (Wildman–Crippen MR) is 108 cm³/mol. The fraction of sp³-hybridized carbons (Fsp3) is 0.444. The summed E-state index contributed by atoms with van der Waals surface area (Å²) >= 11 is 0. The average molecular weight is 406 g/mol. The zero-order valence-electron chi connectivity index (χ0n) is 15.6. The highest BCUT2D eigenvalue weighted by Crippen LogP contribution is 2.25. The number of amides is 1. The lowest BCUT2D eigenvalue weighted by Gasteiger charge is -2.33. The summed E-state index contributed by atoms with van der Waals surface area (Å²) in [5.74, 6) is 1.00. The van der Waals surface area contributed by atoms with Gasteiger partial charge in [-0.05, 0) is 31.0 Å². The summed E-state index contributed by atoms with van der Waals surface area (Å²) in [5, 5.41) is 18.7. The van der Waals surface area contributed by atoms with Gasteiger partial charge in [-0.2, -0.15) is 4.98 Å². The molecule has 4 rings (SSSR count). The Bertz CT molecular complexity index is 838. The number of nitrogens with zero attached hydrogens (tertiary/aromatic N) is 4. The van der Waals surface area contributed by atoms with Gasteiger partial charge in [-0.15, -0.1) is 12.4 Å². The van der Waals surface area contributed by atoms with E-state index in [0.717, 1.165) is 18.9 Å². The summed E-state index contributed by atoms with van der Waals surface area (Å²) in [5.41, 5.74) is 1.22. The molecule has 2 aliphatic rings. The number of hydrogen-bond acceptors (Lipinski definition) is 8. The van der Waals surface area contributed by atoms with Crippen molar-refractivity contribution < 1.29 is 9.90 Å². The summed E-state index contributed by atoms with van der Waals surface area (Å²) < 4.78 is 0. The second-order valence-electron chi connectivity index (χ2n) is 6.88. The Kier molecular flexibility index (Phi) is 6.28. The molecule has 1 amide bonds. The second kappa shape index (κ2) is 8.68. The number of nitrogens with one attached hydrogen (secondary N) is 3. The maximum absolute atomic E-state index is 11.9. The lowest BCUT2D eigenvalue weighted by Crippen LogP contribution is -2.51. The van der Waals surface area contributed by atoms with E-state index in [0.29, 0.717) is 29.4 Å². The van der Waals surface area contributed by atoms with E-state index in [9.17, 15) is 9.90 Å². The van der Waals surface area contributed by atoms with Gasteiger partial charge in [0.15, 0.2) is 0 Å². The molecule has 2 saturated heterocycles. The maximum Gasteiger partial charge on any atom is 0.269 e. The molecule has 2 fully saturated rings. The number of carbonyl (C=O) groups excluding carboxylic acids is 1. The number of anilines is 3. The zero-order chi connectivity index (χ0) is 18.8. The third kappa shape index (κ3) is 4.32. The predicted octanol–water partition coefficient (Wildman–Crippen LogP) is 0.829. The van der Waals surface area contributed by atoms with Crippen molar-refractivity contribution in [3.05, 3.63) is 35.8 Å². The van der Waals surface area contributed by atoms with Gasteiger partial charge >= 0.3 is 0 Å². The Labute approximate surface area is 169 Å². The molecule has 2 bridgehead atoms. The minimum Gasteiger partial charge on any atom is -0.390 e. The van der Waals surface area contributed by atoms with Crippen LogP contribution in [0.2, 0.25) is 0 Å². The number of aliphatic hydroxyl groups excluding tert-OH is 1. The Morgan fingerprint density at radius 2 is 2.04 bits per heavy atom. The molecule has 0 unspecified atom stereocenters. The second-order valence-corrected chi connectivity index (χ2v) is 6.88. The van der Waals surface area contributed by atoms with Crippen molar-refractivity contribution in [2.45, 2.75) is 31.5 Å². The van der Waals surface area contributed by atoms with Crippen molar-refractivity contribution in [3.63, 3.8) is 0 Å². The minimum absolute atomic E-state index is 0. The van der Waals surface area contributed by atoms with Gasteiger partial charge in [-0.25, -0.2) is 9.97 Å². The van der Waals surface area contributed by atoms with Crippen LogP contribution in [0.25, 0.3) is 0 Å². The van der Waals surface area contributed by atoms with Crippen LogP contribution in [0.3, 0.4) is 0 Å². The van der Waals surface area contributed by atoms with Crippen molar-refractivity contribution in [3.8, 4) is 0 Å². The summed E-state index contributed by atoms with van der Waals surface area (Å²) in [4.78, 5) is 27.2. The monoisotopic (exact) mass is 405 g/mol. The van der Waals surface area contributed by atoms with E-state index < -0.39 is 0 Å². The van der Waals surface area contributed by atoms with E-state index in [-0.39, 0.29) is 30.6 Å². The number of carbonyl (C=O) groups is 1. The quantitative estimate of drug-likeness (QED) is 0.578. The van der Waals surface area contributed by atoms with Crippen LogP contribution in [-0.2, 0) is 6.61 Å². The van der Waals surface area contributed by atoms with Crippen molar-refractivity contribution in [2.24, 2.45) is 0 Å². The normalized spacial score (nSPS) is 20.4. The van der Waals surface area contributed by atoms with E-state index in [2.05, 4.69) is 35.8 Å².